The molecule has 1 unspecified atom stereocenters. The van der Waals surface area contributed by atoms with Gasteiger partial charge in [0.05, 0.1) is 0 Å². The van der Waals surface area contributed by atoms with E-state index in [1.54, 1.807) is 13.2 Å². The molecule has 2 heteroatoms. The van der Waals surface area contributed by atoms with Crippen LogP contribution in [0.4, 0.5) is 0 Å². The second kappa shape index (κ2) is 3.37. The van der Waals surface area contributed by atoms with E-state index >= 15 is 0 Å². The number of ether oxygens (including phenoxy) is 1. The molecule has 0 rings (SSSR count). The molecule has 0 saturated carbocycles. The highest BCUT2D eigenvalue weighted by molar-refractivity contribution is 9.09. The van der Waals surface area contributed by atoms with Gasteiger partial charge in [-0.15, -0.1) is 0 Å². The smallest absolute Gasteiger partial charge is 0.130 e. The molecule has 0 fully saturated rings. The van der Waals surface area contributed by atoms with E-state index in [0.29, 0.717) is 0 Å². The zero-order valence-corrected chi connectivity index (χ0v) is 5.23. The minimum Gasteiger partial charge on any atom is -0.366 e. The third-order valence-electron chi connectivity index (χ3n) is 0.410. The molecule has 0 bridgehead atoms. The van der Waals surface area contributed by atoms with Crippen molar-refractivity contribution in [3.05, 3.63) is 12.7 Å². The molecule has 0 heterocycles. The van der Waals surface area contributed by atoms with Gasteiger partial charge in [0.15, 0.2) is 0 Å². The first-order chi connectivity index (χ1) is 2.81. The van der Waals surface area contributed by atoms with Crippen molar-refractivity contribution >= 4 is 15.9 Å². The van der Waals surface area contributed by atoms with Crippen LogP contribution in [0.3, 0.4) is 0 Å². The molecule has 0 amide bonds. The molecule has 0 aromatic rings. The van der Waals surface area contributed by atoms with Crippen molar-refractivity contribution in [1.82, 2.24) is 0 Å². The van der Waals surface area contributed by atoms with Gasteiger partial charge in [0.2, 0.25) is 0 Å². The van der Waals surface area contributed by atoms with Crippen molar-refractivity contribution < 1.29 is 4.74 Å². The van der Waals surface area contributed by atoms with Gasteiger partial charge in [-0.3, -0.25) is 0 Å². The van der Waals surface area contributed by atoms with E-state index < -0.39 is 0 Å². The summed E-state index contributed by atoms with van der Waals surface area (Å²) >= 11 is 3.14. The molecule has 6 heavy (non-hydrogen) atoms. The van der Waals surface area contributed by atoms with Crippen molar-refractivity contribution in [3.8, 4) is 0 Å². The fourth-order valence-corrected chi connectivity index (χ4v) is 0.0962. The normalized spacial score (nSPS) is 13.7. The Bertz CT molecular complexity index is 44.8. The fraction of sp³-hybridized carbons (Fsp3) is 0.500. The summed E-state index contributed by atoms with van der Waals surface area (Å²) in [4.78, 5) is 0. The van der Waals surface area contributed by atoms with Crippen LogP contribution in [0, 0.1) is 0 Å². The highest BCUT2D eigenvalue weighted by Gasteiger charge is 1.86. The lowest BCUT2D eigenvalue weighted by atomic mass is 10.7. The van der Waals surface area contributed by atoms with Gasteiger partial charge in [-0.05, 0) is 0 Å². The van der Waals surface area contributed by atoms with Crippen LogP contribution in [0.15, 0.2) is 12.7 Å². The lowest BCUT2D eigenvalue weighted by Crippen LogP contribution is -1.91. The molecule has 0 aliphatic heterocycles. The Morgan fingerprint density at radius 1 is 2.00 bits per heavy atom. The second-order valence-corrected chi connectivity index (χ2v) is 1.73. The summed E-state index contributed by atoms with van der Waals surface area (Å²) in [6.07, 6.45) is 1.67. The lowest BCUT2D eigenvalue weighted by molar-refractivity contribution is 0.213. The minimum absolute atomic E-state index is 0.0116. The molecule has 0 aromatic carbocycles. The van der Waals surface area contributed by atoms with Gasteiger partial charge in [-0.1, -0.05) is 28.6 Å². The molecule has 0 aromatic heterocycles. The van der Waals surface area contributed by atoms with Crippen molar-refractivity contribution in [1.29, 1.82) is 0 Å². The summed E-state index contributed by atoms with van der Waals surface area (Å²) < 4.78 is 4.70. The van der Waals surface area contributed by atoms with Crippen LogP contribution in [-0.2, 0) is 4.74 Å². The summed E-state index contributed by atoms with van der Waals surface area (Å²) in [5, 5.41) is 0.0116. The Kier molecular flexibility index (Phi) is 3.47. The topological polar surface area (TPSA) is 9.23 Å². The van der Waals surface area contributed by atoms with Crippen LogP contribution in [-0.4, -0.2) is 12.1 Å². The summed E-state index contributed by atoms with van der Waals surface area (Å²) in [5.41, 5.74) is 0. The van der Waals surface area contributed by atoms with Gasteiger partial charge in [0.1, 0.15) is 5.01 Å². The van der Waals surface area contributed by atoms with E-state index in [0.717, 1.165) is 0 Å². The first-order valence-electron chi connectivity index (χ1n) is 1.60. The van der Waals surface area contributed by atoms with Gasteiger partial charge in [0.25, 0.3) is 0 Å². The molecule has 1 atom stereocenters. The van der Waals surface area contributed by atoms with Crippen molar-refractivity contribution in [2.45, 2.75) is 5.01 Å². The van der Waals surface area contributed by atoms with E-state index in [2.05, 4.69) is 22.5 Å². The Balaban J connectivity index is 2.96. The zero-order valence-electron chi connectivity index (χ0n) is 3.65. The molecule has 0 N–H and O–H groups in total. The van der Waals surface area contributed by atoms with Crippen LogP contribution < -0.4 is 0 Å². The maximum absolute atomic E-state index is 4.70. The predicted molar refractivity (Wildman–Crippen MR) is 29.9 cm³/mol. The average Bonchev–Trinajstić information content (AvgIpc) is 1.65. The fourth-order valence-electron chi connectivity index (χ4n) is 0.0962. The number of hydrogen-bond donors (Lipinski definition) is 0. The van der Waals surface area contributed by atoms with Crippen LogP contribution in [0.1, 0.15) is 0 Å². The van der Waals surface area contributed by atoms with E-state index in [1.165, 1.54) is 0 Å². The van der Waals surface area contributed by atoms with Crippen molar-refractivity contribution in [2.24, 2.45) is 0 Å². The molecule has 1 nitrogen and oxygen atoms in total. The minimum atomic E-state index is 0.0116. The van der Waals surface area contributed by atoms with Crippen LogP contribution >= 0.6 is 15.9 Å². The van der Waals surface area contributed by atoms with Crippen LogP contribution in [0.5, 0.6) is 0 Å². The van der Waals surface area contributed by atoms with Gasteiger partial charge < -0.3 is 4.74 Å². The lowest BCUT2D eigenvalue weighted by Gasteiger charge is -1.94. The monoisotopic (exact) mass is 150 g/mol. The highest BCUT2D eigenvalue weighted by atomic mass is 79.9. The van der Waals surface area contributed by atoms with Crippen molar-refractivity contribution in [3.63, 3.8) is 0 Å². The standard InChI is InChI=1S/C4H7BrO/c1-3-4(5)6-2/h3-4H,1H2,2H3. The van der Waals surface area contributed by atoms with Gasteiger partial charge in [-0.25, -0.2) is 0 Å². The predicted octanol–water partition coefficient (Wildman–Crippen LogP) is 1.54. The van der Waals surface area contributed by atoms with E-state index in [1.807, 2.05) is 0 Å². The van der Waals surface area contributed by atoms with Gasteiger partial charge in [0, 0.05) is 7.11 Å². The number of hydrogen-bond acceptors (Lipinski definition) is 1. The number of rotatable bonds is 2. The first-order valence-corrected chi connectivity index (χ1v) is 2.52. The molecule has 0 aliphatic rings. The summed E-state index contributed by atoms with van der Waals surface area (Å²) in [6.45, 7) is 3.46. The molecule has 0 radical (unpaired) electrons. The Labute approximate surface area is 46.1 Å². The summed E-state index contributed by atoms with van der Waals surface area (Å²) in [7, 11) is 1.61. The molecule has 0 saturated heterocycles. The Hall–Kier alpha value is 0.180. The maximum Gasteiger partial charge on any atom is 0.130 e. The maximum atomic E-state index is 4.70. The highest BCUT2D eigenvalue weighted by Crippen LogP contribution is 1.97. The van der Waals surface area contributed by atoms with E-state index in [4.69, 9.17) is 4.74 Å². The van der Waals surface area contributed by atoms with Gasteiger partial charge >= 0.3 is 0 Å². The number of alkyl halides is 1. The second-order valence-electron chi connectivity index (χ2n) is 0.823. The van der Waals surface area contributed by atoms with Crippen LogP contribution in [0.2, 0.25) is 0 Å². The molecule has 0 aliphatic carbocycles. The largest absolute Gasteiger partial charge is 0.366 e. The summed E-state index contributed by atoms with van der Waals surface area (Å²) in [6, 6.07) is 0. The molecule has 36 valence electrons. The average molecular weight is 151 g/mol. The van der Waals surface area contributed by atoms with Crippen molar-refractivity contribution in [2.75, 3.05) is 7.11 Å². The van der Waals surface area contributed by atoms with E-state index in [9.17, 15) is 0 Å². The Morgan fingerprint density at radius 2 is 2.50 bits per heavy atom. The SMILES string of the molecule is C=CC(Br)OC. The van der Waals surface area contributed by atoms with E-state index in [-0.39, 0.29) is 5.01 Å². The number of halogens is 1. The third kappa shape index (κ3) is 2.42. The summed E-state index contributed by atoms with van der Waals surface area (Å²) in [5.74, 6) is 0. The molecule has 0 spiro atoms. The quantitative estimate of drug-likeness (QED) is 0.429. The Morgan fingerprint density at radius 3 is 2.50 bits per heavy atom. The van der Waals surface area contributed by atoms with Crippen LogP contribution in [0.25, 0.3) is 0 Å². The van der Waals surface area contributed by atoms with Gasteiger partial charge in [-0.2, -0.15) is 0 Å². The number of methoxy groups -OCH3 is 1. The third-order valence-corrected chi connectivity index (χ3v) is 1.16. The molecular formula is C4H7BrO. The first kappa shape index (κ1) is 6.18. The zero-order chi connectivity index (χ0) is 4.99. The molecular weight excluding hydrogens is 144 g/mol.